The van der Waals surface area contributed by atoms with Crippen LogP contribution in [0.1, 0.15) is 17.3 Å². The van der Waals surface area contributed by atoms with Crippen LogP contribution >= 0.6 is 11.6 Å². The maximum absolute atomic E-state index is 13.1. The minimum atomic E-state index is -0.435. The van der Waals surface area contributed by atoms with Crippen molar-refractivity contribution in [3.63, 3.8) is 0 Å². The molecule has 0 atom stereocenters. The van der Waals surface area contributed by atoms with Gasteiger partial charge in [-0.25, -0.2) is 14.2 Å². The molecule has 1 aromatic heterocycles. The van der Waals surface area contributed by atoms with Gasteiger partial charge in [0, 0.05) is 6.20 Å². The van der Waals surface area contributed by atoms with E-state index in [1.807, 2.05) is 0 Å². The van der Waals surface area contributed by atoms with Gasteiger partial charge in [0.25, 0.3) is 0 Å². The van der Waals surface area contributed by atoms with Crippen LogP contribution in [0.4, 0.5) is 15.9 Å². The van der Waals surface area contributed by atoms with Crippen molar-refractivity contribution in [2.45, 2.75) is 6.92 Å². The van der Waals surface area contributed by atoms with Crippen molar-refractivity contribution in [1.82, 2.24) is 4.98 Å². The standard InChI is InChI=1S/C14H12ClFN2O2/c1-2-20-14(19)9-3-6-13(17-8-9)18-12-7-10(16)4-5-11(12)15/h3-8H,2H2,1H3,(H,17,18). The summed E-state index contributed by atoms with van der Waals surface area (Å²) >= 11 is 5.94. The zero-order valence-corrected chi connectivity index (χ0v) is 11.4. The summed E-state index contributed by atoms with van der Waals surface area (Å²) in [5, 5.41) is 3.25. The van der Waals surface area contributed by atoms with Crippen molar-refractivity contribution in [3.8, 4) is 0 Å². The molecule has 0 saturated heterocycles. The predicted octanol–water partition coefficient (Wildman–Crippen LogP) is 3.79. The summed E-state index contributed by atoms with van der Waals surface area (Å²) in [7, 11) is 0. The number of halogens is 2. The molecular formula is C14H12ClFN2O2. The average Bonchev–Trinajstić information content (AvgIpc) is 2.44. The molecule has 0 saturated carbocycles. The zero-order chi connectivity index (χ0) is 14.5. The fourth-order valence-electron chi connectivity index (χ4n) is 1.53. The van der Waals surface area contributed by atoms with Gasteiger partial charge in [-0.3, -0.25) is 0 Å². The zero-order valence-electron chi connectivity index (χ0n) is 10.7. The monoisotopic (exact) mass is 294 g/mol. The van der Waals surface area contributed by atoms with Crippen LogP contribution in [-0.4, -0.2) is 17.6 Å². The molecule has 1 heterocycles. The maximum atomic E-state index is 13.1. The Morgan fingerprint density at radius 2 is 2.20 bits per heavy atom. The summed E-state index contributed by atoms with van der Waals surface area (Å²) in [5.41, 5.74) is 0.755. The highest BCUT2D eigenvalue weighted by Crippen LogP contribution is 2.25. The van der Waals surface area contributed by atoms with E-state index in [4.69, 9.17) is 16.3 Å². The number of anilines is 2. The number of hydrogen-bond donors (Lipinski definition) is 1. The van der Waals surface area contributed by atoms with E-state index >= 15 is 0 Å². The molecule has 104 valence electrons. The van der Waals surface area contributed by atoms with E-state index < -0.39 is 11.8 Å². The molecule has 2 rings (SSSR count). The van der Waals surface area contributed by atoms with Crippen LogP contribution in [0.25, 0.3) is 0 Å². The second-order valence-electron chi connectivity index (χ2n) is 3.90. The molecule has 0 radical (unpaired) electrons. The van der Waals surface area contributed by atoms with Crippen LogP contribution in [0.2, 0.25) is 5.02 Å². The lowest BCUT2D eigenvalue weighted by Gasteiger charge is -2.08. The Morgan fingerprint density at radius 3 is 2.85 bits per heavy atom. The highest BCUT2D eigenvalue weighted by Gasteiger charge is 2.08. The van der Waals surface area contributed by atoms with Crippen molar-refractivity contribution >= 4 is 29.1 Å². The van der Waals surface area contributed by atoms with Crippen LogP contribution in [0.3, 0.4) is 0 Å². The summed E-state index contributed by atoms with van der Waals surface area (Å²) in [6, 6.07) is 7.15. The number of ether oxygens (including phenoxy) is 1. The molecule has 1 N–H and O–H groups in total. The number of nitrogens with zero attached hydrogens (tertiary/aromatic N) is 1. The highest BCUT2D eigenvalue weighted by molar-refractivity contribution is 6.33. The molecule has 0 bridgehead atoms. The molecular weight excluding hydrogens is 283 g/mol. The van der Waals surface area contributed by atoms with Crippen molar-refractivity contribution in [1.29, 1.82) is 0 Å². The molecule has 0 fully saturated rings. The van der Waals surface area contributed by atoms with Crippen molar-refractivity contribution in [2.75, 3.05) is 11.9 Å². The quantitative estimate of drug-likeness (QED) is 0.872. The first kappa shape index (κ1) is 14.3. The van der Waals surface area contributed by atoms with E-state index in [0.717, 1.165) is 0 Å². The van der Waals surface area contributed by atoms with E-state index in [-0.39, 0.29) is 0 Å². The van der Waals surface area contributed by atoms with E-state index in [1.54, 1.807) is 19.1 Å². The minimum absolute atomic E-state index is 0.303. The van der Waals surface area contributed by atoms with Crippen molar-refractivity contribution < 1.29 is 13.9 Å². The van der Waals surface area contributed by atoms with Crippen molar-refractivity contribution in [3.05, 3.63) is 52.9 Å². The topological polar surface area (TPSA) is 51.2 Å². The van der Waals surface area contributed by atoms with E-state index in [0.29, 0.717) is 28.7 Å². The van der Waals surface area contributed by atoms with Gasteiger partial charge in [0.2, 0.25) is 0 Å². The predicted molar refractivity (Wildman–Crippen MR) is 74.9 cm³/mol. The van der Waals surface area contributed by atoms with E-state index in [2.05, 4.69) is 10.3 Å². The van der Waals surface area contributed by atoms with Crippen LogP contribution in [0.15, 0.2) is 36.5 Å². The second-order valence-corrected chi connectivity index (χ2v) is 4.31. The van der Waals surface area contributed by atoms with Gasteiger partial charge in [-0.15, -0.1) is 0 Å². The lowest BCUT2D eigenvalue weighted by atomic mass is 10.2. The highest BCUT2D eigenvalue weighted by atomic mass is 35.5. The number of rotatable bonds is 4. The number of aromatic nitrogens is 1. The lowest BCUT2D eigenvalue weighted by molar-refractivity contribution is 0.0526. The molecule has 0 aliphatic rings. The van der Waals surface area contributed by atoms with Gasteiger partial charge < -0.3 is 10.1 Å². The Labute approximate surface area is 120 Å². The minimum Gasteiger partial charge on any atom is -0.462 e. The molecule has 6 heteroatoms. The number of nitrogens with one attached hydrogen (secondary N) is 1. The van der Waals surface area contributed by atoms with Crippen LogP contribution in [0.5, 0.6) is 0 Å². The van der Waals surface area contributed by atoms with Crippen molar-refractivity contribution in [2.24, 2.45) is 0 Å². The smallest absolute Gasteiger partial charge is 0.339 e. The molecule has 0 aliphatic heterocycles. The Balaban J connectivity index is 2.14. The first-order valence-corrected chi connectivity index (χ1v) is 6.33. The number of carbonyl (C=O) groups excluding carboxylic acids is 1. The molecule has 0 spiro atoms. The van der Waals surface area contributed by atoms with Gasteiger partial charge in [0.1, 0.15) is 11.6 Å². The number of carbonyl (C=O) groups is 1. The first-order chi connectivity index (χ1) is 9.60. The molecule has 4 nitrogen and oxygen atoms in total. The van der Waals surface area contributed by atoms with Crippen LogP contribution in [-0.2, 0) is 4.74 Å². The van der Waals surface area contributed by atoms with Gasteiger partial charge in [-0.05, 0) is 37.3 Å². The SMILES string of the molecule is CCOC(=O)c1ccc(Nc2cc(F)ccc2Cl)nc1. The normalized spacial score (nSPS) is 10.2. The fourth-order valence-corrected chi connectivity index (χ4v) is 1.70. The van der Waals surface area contributed by atoms with Gasteiger partial charge >= 0.3 is 5.97 Å². The third kappa shape index (κ3) is 3.45. The number of hydrogen-bond acceptors (Lipinski definition) is 4. The Hall–Kier alpha value is -2.14. The summed E-state index contributed by atoms with van der Waals surface area (Å²) in [4.78, 5) is 15.5. The lowest BCUT2D eigenvalue weighted by Crippen LogP contribution is -2.05. The van der Waals surface area contributed by atoms with Gasteiger partial charge in [0.05, 0.1) is 22.9 Å². The number of pyridine rings is 1. The Bertz CT molecular complexity index is 617. The Morgan fingerprint density at radius 1 is 1.40 bits per heavy atom. The first-order valence-electron chi connectivity index (χ1n) is 5.95. The number of esters is 1. The van der Waals surface area contributed by atoms with E-state index in [1.165, 1.54) is 24.4 Å². The molecule has 2 aromatic rings. The third-order valence-corrected chi connectivity index (χ3v) is 2.80. The summed E-state index contributed by atoms with van der Waals surface area (Å²) < 4.78 is 18.0. The van der Waals surface area contributed by atoms with Gasteiger partial charge in [0.15, 0.2) is 0 Å². The second kappa shape index (κ2) is 6.34. The van der Waals surface area contributed by atoms with Gasteiger partial charge in [-0.1, -0.05) is 11.6 Å². The number of benzene rings is 1. The molecule has 20 heavy (non-hydrogen) atoms. The molecule has 1 aromatic carbocycles. The van der Waals surface area contributed by atoms with Crippen LogP contribution < -0.4 is 5.32 Å². The van der Waals surface area contributed by atoms with E-state index in [9.17, 15) is 9.18 Å². The average molecular weight is 295 g/mol. The van der Waals surface area contributed by atoms with Crippen LogP contribution in [0, 0.1) is 5.82 Å². The molecule has 0 aliphatic carbocycles. The molecule has 0 amide bonds. The third-order valence-electron chi connectivity index (χ3n) is 2.47. The summed E-state index contributed by atoms with van der Waals surface area (Å²) in [5.74, 6) is -0.388. The molecule has 0 unspecified atom stereocenters. The maximum Gasteiger partial charge on any atom is 0.339 e. The fraction of sp³-hybridized carbons (Fsp3) is 0.143. The largest absolute Gasteiger partial charge is 0.462 e. The van der Waals surface area contributed by atoms with Gasteiger partial charge in [-0.2, -0.15) is 0 Å². The summed E-state index contributed by atoms with van der Waals surface area (Å²) in [6.45, 7) is 2.03. The Kier molecular flexibility index (Phi) is 4.53. The summed E-state index contributed by atoms with van der Waals surface area (Å²) in [6.07, 6.45) is 1.38.